The summed E-state index contributed by atoms with van der Waals surface area (Å²) in [7, 11) is 0. The summed E-state index contributed by atoms with van der Waals surface area (Å²) in [6, 6.07) is 0. The Morgan fingerprint density at radius 3 is 3.30 bits per heavy atom. The van der Waals surface area contributed by atoms with E-state index in [1.54, 1.807) is 6.92 Å². The molecule has 0 aromatic rings. The minimum Gasteiger partial charge on any atom is -0.386 e. The smallest absolute Gasteiger partial charge is 0.0800 e. The van der Waals surface area contributed by atoms with Crippen molar-refractivity contribution in [3.8, 4) is 0 Å². The van der Waals surface area contributed by atoms with Gasteiger partial charge < -0.3 is 5.11 Å². The van der Waals surface area contributed by atoms with Gasteiger partial charge in [0, 0.05) is 6.85 Å². The average Bonchev–Trinajstić information content (AvgIpc) is 2.11. The summed E-state index contributed by atoms with van der Waals surface area (Å²) >= 11 is 0. The number of hydrogen-bond donors (Lipinski definition) is 1. The molecule has 10 heavy (non-hydrogen) atoms. The van der Waals surface area contributed by atoms with E-state index in [0.29, 0.717) is 6.08 Å². The van der Waals surface area contributed by atoms with Gasteiger partial charge in [-0.05, 0) is 26.6 Å². The molecule has 1 heteroatoms. The van der Waals surface area contributed by atoms with Crippen molar-refractivity contribution in [1.82, 2.24) is 0 Å². The normalized spacial score (nSPS) is 29.6. The molecule has 0 bridgehead atoms. The Hall–Kier alpha value is -0.560. The highest BCUT2D eigenvalue weighted by Crippen LogP contribution is 2.12. The van der Waals surface area contributed by atoms with Crippen LogP contribution in [0.4, 0.5) is 0 Å². The van der Waals surface area contributed by atoms with Crippen LogP contribution in [0.1, 0.15) is 36.2 Å². The van der Waals surface area contributed by atoms with Crippen LogP contribution in [0.5, 0.6) is 0 Å². The SMILES string of the molecule is [2H]C([2H])=CC(O)(C([2H])([2H])[2H])C([2H])([2H])C/C=C/C. The number of hydrogen-bond acceptors (Lipinski definition) is 1. The predicted octanol–water partition coefficient (Wildman–Crippen LogP) is 2.28. The molecule has 0 aromatic carbocycles. The van der Waals surface area contributed by atoms with Gasteiger partial charge in [0.05, 0.1) is 8.34 Å². The first-order valence-electron chi connectivity index (χ1n) is 6.47. The van der Waals surface area contributed by atoms with E-state index in [0.717, 1.165) is 0 Å². The molecular weight excluding hydrogens is 124 g/mol. The third-order valence-corrected chi connectivity index (χ3v) is 0.934. The summed E-state index contributed by atoms with van der Waals surface area (Å²) in [6.45, 7) is -2.35. The maximum absolute atomic E-state index is 9.98. The molecule has 0 aliphatic carbocycles. The number of rotatable bonds is 4. The fraction of sp³-hybridized carbons (Fsp3) is 0.556. The second-order valence-corrected chi connectivity index (χ2v) is 1.86. The van der Waals surface area contributed by atoms with Crippen LogP contribution in [0.3, 0.4) is 0 Å². The van der Waals surface area contributed by atoms with E-state index in [9.17, 15) is 5.11 Å². The lowest BCUT2D eigenvalue weighted by atomic mass is 10.0. The highest BCUT2D eigenvalue weighted by atomic mass is 16.3. The fourth-order valence-corrected chi connectivity index (χ4v) is 0.383. The first-order valence-corrected chi connectivity index (χ1v) is 2.97. The fourth-order valence-electron chi connectivity index (χ4n) is 0.383. The van der Waals surface area contributed by atoms with Gasteiger partial charge >= 0.3 is 0 Å². The van der Waals surface area contributed by atoms with Gasteiger partial charge in [0.25, 0.3) is 0 Å². The van der Waals surface area contributed by atoms with Crippen molar-refractivity contribution in [1.29, 1.82) is 0 Å². The maximum Gasteiger partial charge on any atom is 0.0800 e. The Balaban J connectivity index is 5.55. The summed E-state index contributed by atoms with van der Waals surface area (Å²) < 4.78 is 50.6. The van der Waals surface area contributed by atoms with Crippen LogP contribution >= 0.6 is 0 Å². The second kappa shape index (κ2) is 4.29. The van der Waals surface area contributed by atoms with Crippen molar-refractivity contribution in [3.05, 3.63) is 24.8 Å². The minimum atomic E-state index is -3.05. The van der Waals surface area contributed by atoms with Gasteiger partial charge in [0.1, 0.15) is 0 Å². The third kappa shape index (κ3) is 4.33. The predicted molar refractivity (Wildman–Crippen MR) is 44.9 cm³/mol. The molecule has 0 saturated heterocycles. The Morgan fingerprint density at radius 1 is 2.00 bits per heavy atom. The highest BCUT2D eigenvalue weighted by Gasteiger charge is 2.12. The lowest BCUT2D eigenvalue weighted by Crippen LogP contribution is -2.19. The lowest BCUT2D eigenvalue weighted by Gasteiger charge is -2.16. The molecule has 58 valence electrons. The van der Waals surface area contributed by atoms with Crippen molar-refractivity contribution in [2.45, 2.75) is 32.2 Å². The maximum atomic E-state index is 9.98. The molecule has 0 heterocycles. The summed E-state index contributed by atoms with van der Waals surface area (Å²) in [6.07, 6.45) is 0.533. The van der Waals surface area contributed by atoms with Crippen LogP contribution in [-0.2, 0) is 0 Å². The third-order valence-electron chi connectivity index (χ3n) is 0.934. The van der Waals surface area contributed by atoms with Gasteiger partial charge in [0.15, 0.2) is 0 Å². The molecule has 1 unspecified atom stereocenters. The molecule has 0 fully saturated rings. The van der Waals surface area contributed by atoms with Crippen LogP contribution in [0.25, 0.3) is 0 Å². The van der Waals surface area contributed by atoms with Crippen molar-refractivity contribution in [3.63, 3.8) is 0 Å². The topological polar surface area (TPSA) is 20.2 Å². The molecule has 0 aliphatic heterocycles. The Morgan fingerprint density at radius 2 is 2.80 bits per heavy atom. The molecule has 1 N–H and O–H groups in total. The number of allylic oxidation sites excluding steroid dienone is 2. The molecule has 0 rings (SSSR count). The van der Waals surface area contributed by atoms with Gasteiger partial charge in [0.2, 0.25) is 0 Å². The van der Waals surface area contributed by atoms with Crippen molar-refractivity contribution >= 4 is 0 Å². The zero-order valence-electron chi connectivity index (χ0n) is 12.9. The largest absolute Gasteiger partial charge is 0.386 e. The second-order valence-electron chi connectivity index (χ2n) is 1.86. The van der Waals surface area contributed by atoms with E-state index in [-0.39, 0.29) is 6.42 Å². The molecule has 0 spiro atoms. The monoisotopic (exact) mass is 147 g/mol. The molecule has 0 saturated carbocycles. The van der Waals surface area contributed by atoms with E-state index in [4.69, 9.17) is 9.60 Å². The zero-order valence-corrected chi connectivity index (χ0v) is 5.89. The molecular formula is C9H16O. The standard InChI is InChI=1S/C9H16O/c1-4-6-7-8-9(3,10)5-2/h4-6,10H,2,7-8H2,1,3H3/b6-4+/i2D2,3D3,8D2. The van der Waals surface area contributed by atoms with Crippen LogP contribution < -0.4 is 0 Å². The molecule has 1 nitrogen and oxygen atoms in total. The minimum absolute atomic E-state index is 0.317. The van der Waals surface area contributed by atoms with E-state index in [2.05, 4.69) is 0 Å². The summed E-state index contributed by atoms with van der Waals surface area (Å²) in [5.74, 6) is 0. The summed E-state index contributed by atoms with van der Waals surface area (Å²) in [5, 5.41) is 9.98. The van der Waals surface area contributed by atoms with Gasteiger partial charge in [-0.15, -0.1) is 6.53 Å². The molecule has 0 aromatic heterocycles. The van der Waals surface area contributed by atoms with E-state index >= 15 is 0 Å². The number of aliphatic hydroxyl groups is 1. The quantitative estimate of drug-likeness (QED) is 0.605. The van der Waals surface area contributed by atoms with Crippen molar-refractivity contribution < 1.29 is 14.7 Å². The van der Waals surface area contributed by atoms with Gasteiger partial charge in [-0.1, -0.05) is 18.2 Å². The molecule has 0 aliphatic rings. The van der Waals surface area contributed by atoms with Crippen LogP contribution in [-0.4, -0.2) is 10.7 Å². The van der Waals surface area contributed by atoms with Crippen molar-refractivity contribution in [2.75, 3.05) is 0 Å². The molecule has 0 amide bonds. The van der Waals surface area contributed by atoms with Crippen molar-refractivity contribution in [2.24, 2.45) is 0 Å². The Kier molecular flexibility index (Phi) is 1.21. The van der Waals surface area contributed by atoms with E-state index in [1.165, 1.54) is 12.2 Å². The van der Waals surface area contributed by atoms with Gasteiger partial charge in [-0.25, -0.2) is 0 Å². The molecule has 1 atom stereocenters. The Bertz CT molecular complexity index is 314. The van der Waals surface area contributed by atoms with Crippen LogP contribution in [0, 0.1) is 0 Å². The van der Waals surface area contributed by atoms with Gasteiger partial charge in [-0.2, -0.15) is 0 Å². The average molecular weight is 147 g/mol. The highest BCUT2D eigenvalue weighted by molar-refractivity contribution is 4.93. The summed E-state index contributed by atoms with van der Waals surface area (Å²) in [5.41, 5.74) is -2.85. The van der Waals surface area contributed by atoms with E-state index < -0.39 is 25.4 Å². The molecule has 0 radical (unpaired) electrons. The first kappa shape index (κ1) is 2.82. The first-order chi connectivity index (χ1) is 7.48. The van der Waals surface area contributed by atoms with Crippen LogP contribution in [0.2, 0.25) is 0 Å². The van der Waals surface area contributed by atoms with E-state index in [1.807, 2.05) is 0 Å². The van der Waals surface area contributed by atoms with Gasteiger partial charge in [-0.3, -0.25) is 0 Å². The van der Waals surface area contributed by atoms with Crippen LogP contribution in [0.15, 0.2) is 24.8 Å². The Labute approximate surface area is 72.9 Å². The zero-order chi connectivity index (χ0) is 13.9. The lowest BCUT2D eigenvalue weighted by molar-refractivity contribution is 0.103. The summed E-state index contributed by atoms with van der Waals surface area (Å²) in [4.78, 5) is 0.